The SMILES string of the molecule is CC[C@@H](NC(=O)COc1ccc(Cl)cc1)C(=O)O. The predicted molar refractivity (Wildman–Crippen MR) is 66.8 cm³/mol. The number of carboxylic acid groups (broad SMARTS) is 1. The molecule has 0 aromatic heterocycles. The van der Waals surface area contributed by atoms with Crippen LogP contribution in [0, 0.1) is 0 Å². The Kier molecular flexibility index (Phi) is 5.45. The summed E-state index contributed by atoms with van der Waals surface area (Å²) in [5, 5.41) is 11.7. The number of rotatable bonds is 6. The maximum Gasteiger partial charge on any atom is 0.326 e. The van der Waals surface area contributed by atoms with Crippen molar-refractivity contribution in [3.05, 3.63) is 29.3 Å². The summed E-state index contributed by atoms with van der Waals surface area (Å²) in [5.41, 5.74) is 0. The van der Waals surface area contributed by atoms with Crippen LogP contribution in [0.25, 0.3) is 0 Å². The van der Waals surface area contributed by atoms with Gasteiger partial charge in [0.05, 0.1) is 0 Å². The Labute approximate surface area is 110 Å². The van der Waals surface area contributed by atoms with E-state index in [1.807, 2.05) is 0 Å². The number of carbonyl (C=O) groups excluding carboxylic acids is 1. The molecular formula is C12H14ClNO4. The number of carboxylic acids is 1. The molecule has 5 nitrogen and oxygen atoms in total. The molecule has 0 spiro atoms. The van der Waals surface area contributed by atoms with Gasteiger partial charge in [-0.3, -0.25) is 4.79 Å². The van der Waals surface area contributed by atoms with Crippen LogP contribution < -0.4 is 10.1 Å². The topological polar surface area (TPSA) is 75.6 Å². The maximum atomic E-state index is 11.4. The molecule has 0 bridgehead atoms. The van der Waals surface area contributed by atoms with Gasteiger partial charge < -0.3 is 15.2 Å². The fraction of sp³-hybridized carbons (Fsp3) is 0.333. The molecule has 0 aliphatic rings. The van der Waals surface area contributed by atoms with E-state index in [-0.39, 0.29) is 6.61 Å². The molecule has 1 aromatic carbocycles. The van der Waals surface area contributed by atoms with Gasteiger partial charge >= 0.3 is 5.97 Å². The number of hydrogen-bond acceptors (Lipinski definition) is 3. The number of carbonyl (C=O) groups is 2. The number of halogens is 1. The summed E-state index contributed by atoms with van der Waals surface area (Å²) in [7, 11) is 0. The van der Waals surface area contributed by atoms with Crippen LogP contribution in [0.15, 0.2) is 24.3 Å². The molecule has 1 aromatic rings. The third-order valence-electron chi connectivity index (χ3n) is 2.23. The number of amides is 1. The molecule has 1 amide bonds. The Bertz CT molecular complexity index is 419. The summed E-state index contributed by atoms with van der Waals surface area (Å²) in [6, 6.07) is 5.65. The molecule has 0 fully saturated rings. The lowest BCUT2D eigenvalue weighted by molar-refractivity contribution is -0.142. The molecule has 0 radical (unpaired) electrons. The molecule has 1 atom stereocenters. The second-order valence-corrected chi connectivity index (χ2v) is 4.05. The van der Waals surface area contributed by atoms with Crippen LogP contribution in [0.2, 0.25) is 5.02 Å². The van der Waals surface area contributed by atoms with Gasteiger partial charge in [0.2, 0.25) is 0 Å². The quantitative estimate of drug-likeness (QED) is 0.826. The summed E-state index contributed by atoms with van der Waals surface area (Å²) < 4.78 is 5.18. The van der Waals surface area contributed by atoms with Crippen LogP contribution in [0.4, 0.5) is 0 Å². The highest BCUT2D eigenvalue weighted by molar-refractivity contribution is 6.30. The fourth-order valence-corrected chi connectivity index (χ4v) is 1.38. The van der Waals surface area contributed by atoms with Gasteiger partial charge in [0.15, 0.2) is 6.61 Å². The Hall–Kier alpha value is -1.75. The smallest absolute Gasteiger partial charge is 0.326 e. The van der Waals surface area contributed by atoms with Crippen LogP contribution in [-0.2, 0) is 9.59 Å². The lowest BCUT2D eigenvalue weighted by atomic mass is 10.2. The lowest BCUT2D eigenvalue weighted by Crippen LogP contribution is -2.42. The monoisotopic (exact) mass is 271 g/mol. The molecule has 0 aliphatic heterocycles. The zero-order chi connectivity index (χ0) is 13.5. The van der Waals surface area contributed by atoms with E-state index in [2.05, 4.69) is 5.32 Å². The largest absolute Gasteiger partial charge is 0.484 e. The molecular weight excluding hydrogens is 258 g/mol. The van der Waals surface area contributed by atoms with Gasteiger partial charge in [-0.15, -0.1) is 0 Å². The second-order valence-electron chi connectivity index (χ2n) is 3.61. The number of benzene rings is 1. The van der Waals surface area contributed by atoms with Gasteiger partial charge in [0.1, 0.15) is 11.8 Å². The number of hydrogen-bond donors (Lipinski definition) is 2. The van der Waals surface area contributed by atoms with Crippen molar-refractivity contribution in [2.45, 2.75) is 19.4 Å². The van der Waals surface area contributed by atoms with Crippen molar-refractivity contribution >= 4 is 23.5 Å². The Morgan fingerprint density at radius 2 is 2.00 bits per heavy atom. The van der Waals surface area contributed by atoms with Crippen LogP contribution in [0.3, 0.4) is 0 Å². The molecule has 1 rings (SSSR count). The molecule has 0 heterocycles. The normalized spacial score (nSPS) is 11.7. The van der Waals surface area contributed by atoms with Crippen molar-refractivity contribution in [3.8, 4) is 5.75 Å². The molecule has 6 heteroatoms. The first-order chi connectivity index (χ1) is 8.52. The van der Waals surface area contributed by atoms with Gasteiger partial charge in [-0.1, -0.05) is 18.5 Å². The van der Waals surface area contributed by atoms with E-state index in [1.54, 1.807) is 31.2 Å². The molecule has 0 saturated carbocycles. The molecule has 0 aliphatic carbocycles. The van der Waals surface area contributed by atoms with Crippen molar-refractivity contribution in [1.82, 2.24) is 5.32 Å². The highest BCUT2D eigenvalue weighted by Crippen LogP contribution is 2.15. The van der Waals surface area contributed by atoms with Crippen LogP contribution in [0.5, 0.6) is 5.75 Å². The zero-order valence-corrected chi connectivity index (χ0v) is 10.6. The van der Waals surface area contributed by atoms with E-state index in [4.69, 9.17) is 21.4 Å². The first kappa shape index (κ1) is 14.3. The minimum Gasteiger partial charge on any atom is -0.484 e. The lowest BCUT2D eigenvalue weighted by Gasteiger charge is -2.12. The Morgan fingerprint density at radius 3 is 2.50 bits per heavy atom. The van der Waals surface area contributed by atoms with Crippen LogP contribution in [-0.4, -0.2) is 29.6 Å². The van der Waals surface area contributed by atoms with Crippen molar-refractivity contribution in [2.24, 2.45) is 0 Å². The third-order valence-corrected chi connectivity index (χ3v) is 2.48. The maximum absolute atomic E-state index is 11.4. The molecule has 18 heavy (non-hydrogen) atoms. The molecule has 0 unspecified atom stereocenters. The number of aliphatic carboxylic acids is 1. The molecule has 0 saturated heterocycles. The number of ether oxygens (including phenoxy) is 1. The highest BCUT2D eigenvalue weighted by Gasteiger charge is 2.17. The van der Waals surface area contributed by atoms with Crippen molar-refractivity contribution in [1.29, 1.82) is 0 Å². The Balaban J connectivity index is 2.41. The summed E-state index contributed by atoms with van der Waals surface area (Å²) in [6.07, 6.45) is 0.321. The van der Waals surface area contributed by atoms with E-state index in [1.165, 1.54) is 0 Å². The Morgan fingerprint density at radius 1 is 1.39 bits per heavy atom. The number of nitrogens with one attached hydrogen (secondary N) is 1. The highest BCUT2D eigenvalue weighted by atomic mass is 35.5. The molecule has 2 N–H and O–H groups in total. The van der Waals surface area contributed by atoms with E-state index < -0.39 is 17.9 Å². The standard InChI is InChI=1S/C12H14ClNO4/c1-2-10(12(16)17)14-11(15)7-18-9-5-3-8(13)4-6-9/h3-6,10H,2,7H2,1H3,(H,14,15)(H,16,17)/t10-/m1/s1. The molecule has 98 valence electrons. The fourth-order valence-electron chi connectivity index (χ4n) is 1.25. The van der Waals surface area contributed by atoms with Crippen LogP contribution >= 0.6 is 11.6 Å². The first-order valence-corrected chi connectivity index (χ1v) is 5.81. The van der Waals surface area contributed by atoms with Crippen LogP contribution in [0.1, 0.15) is 13.3 Å². The second kappa shape index (κ2) is 6.86. The third kappa shape index (κ3) is 4.63. The minimum atomic E-state index is -1.06. The van der Waals surface area contributed by atoms with Crippen molar-refractivity contribution in [2.75, 3.05) is 6.61 Å². The van der Waals surface area contributed by atoms with E-state index in [9.17, 15) is 9.59 Å². The zero-order valence-electron chi connectivity index (χ0n) is 9.85. The van der Waals surface area contributed by atoms with E-state index >= 15 is 0 Å². The van der Waals surface area contributed by atoms with Crippen molar-refractivity contribution < 1.29 is 19.4 Å². The summed E-state index contributed by atoms with van der Waals surface area (Å²) >= 11 is 5.70. The van der Waals surface area contributed by atoms with Gasteiger partial charge in [-0.2, -0.15) is 0 Å². The van der Waals surface area contributed by atoms with Gasteiger partial charge in [-0.25, -0.2) is 4.79 Å². The average Bonchev–Trinajstić information content (AvgIpc) is 2.35. The predicted octanol–water partition coefficient (Wildman–Crippen LogP) is 1.70. The average molecular weight is 272 g/mol. The first-order valence-electron chi connectivity index (χ1n) is 5.43. The van der Waals surface area contributed by atoms with Gasteiger partial charge in [0, 0.05) is 5.02 Å². The van der Waals surface area contributed by atoms with Gasteiger partial charge in [-0.05, 0) is 30.7 Å². The summed E-state index contributed by atoms with van der Waals surface area (Å²) in [4.78, 5) is 22.1. The van der Waals surface area contributed by atoms with E-state index in [0.29, 0.717) is 17.2 Å². The summed E-state index contributed by atoms with van der Waals surface area (Å²) in [5.74, 6) is -1.03. The van der Waals surface area contributed by atoms with E-state index in [0.717, 1.165) is 0 Å². The minimum absolute atomic E-state index is 0.231. The van der Waals surface area contributed by atoms with Gasteiger partial charge in [0.25, 0.3) is 5.91 Å². The summed E-state index contributed by atoms with van der Waals surface area (Å²) in [6.45, 7) is 1.45. The van der Waals surface area contributed by atoms with Crippen molar-refractivity contribution in [3.63, 3.8) is 0 Å².